The number of alkyl halides is 3. The van der Waals surface area contributed by atoms with E-state index in [0.717, 1.165) is 6.07 Å². The number of nitrogens with zero attached hydrogens (tertiary/aromatic N) is 1. The summed E-state index contributed by atoms with van der Waals surface area (Å²) in [4.78, 5) is 3.86. The molecule has 1 heterocycles. The van der Waals surface area contributed by atoms with Gasteiger partial charge in [0.25, 0.3) is 0 Å². The van der Waals surface area contributed by atoms with E-state index in [2.05, 4.69) is 10.3 Å². The van der Waals surface area contributed by atoms with Crippen molar-refractivity contribution in [1.29, 1.82) is 0 Å². The smallest absolute Gasteiger partial charge is 0.316 e. The largest absolute Gasteiger partial charge is 0.418 e. The van der Waals surface area contributed by atoms with Crippen molar-refractivity contribution in [2.24, 2.45) is 5.92 Å². The Morgan fingerprint density at radius 2 is 2.00 bits per heavy atom. The summed E-state index contributed by atoms with van der Waals surface area (Å²) in [6.45, 7) is 3.94. The lowest BCUT2D eigenvalue weighted by Crippen LogP contribution is -2.33. The Morgan fingerprint density at radius 1 is 1.35 bits per heavy atom. The van der Waals surface area contributed by atoms with Gasteiger partial charge in [0.15, 0.2) is 0 Å². The number of nitrogens with one attached hydrogen (secondary N) is 1. The topological polar surface area (TPSA) is 24.9 Å². The van der Waals surface area contributed by atoms with Gasteiger partial charge in [-0.15, -0.1) is 0 Å². The van der Waals surface area contributed by atoms with Gasteiger partial charge in [0, 0.05) is 18.7 Å². The van der Waals surface area contributed by atoms with Crippen LogP contribution in [0.2, 0.25) is 0 Å². The summed E-state index contributed by atoms with van der Waals surface area (Å²) in [5, 5.41) is 3.02. The Morgan fingerprint density at radius 3 is 2.47 bits per heavy atom. The van der Waals surface area contributed by atoms with Gasteiger partial charge in [0.05, 0.1) is 11.3 Å². The molecule has 0 spiro atoms. The van der Waals surface area contributed by atoms with Gasteiger partial charge in [0.2, 0.25) is 0 Å². The molecule has 1 atom stereocenters. The molecule has 1 unspecified atom stereocenters. The molecule has 0 aliphatic rings. The van der Waals surface area contributed by atoms with Crippen molar-refractivity contribution in [3.05, 3.63) is 29.6 Å². The van der Waals surface area contributed by atoms with Crippen molar-refractivity contribution in [2.75, 3.05) is 7.05 Å². The lowest BCUT2D eigenvalue weighted by atomic mass is 9.97. The highest BCUT2D eigenvalue weighted by atomic mass is 19.4. The molecule has 0 aliphatic carbocycles. The molecule has 96 valence electrons. The fourth-order valence-corrected chi connectivity index (χ4v) is 1.74. The molecule has 0 amide bonds. The maximum absolute atomic E-state index is 12.7. The molecule has 5 heteroatoms. The third-order valence-electron chi connectivity index (χ3n) is 2.78. The van der Waals surface area contributed by atoms with Crippen LogP contribution in [0.25, 0.3) is 0 Å². The molecule has 1 N–H and O–H groups in total. The van der Waals surface area contributed by atoms with E-state index < -0.39 is 11.7 Å². The van der Waals surface area contributed by atoms with Crippen LogP contribution >= 0.6 is 0 Å². The molecule has 2 nitrogen and oxygen atoms in total. The monoisotopic (exact) mass is 246 g/mol. The summed E-state index contributed by atoms with van der Waals surface area (Å²) in [5.41, 5.74) is -0.533. The standard InChI is InChI=1S/C12H17F3N2/c1-8(2)10(16-3)7-11-9(12(13,14)15)5-4-6-17-11/h4-6,8,10,16H,7H2,1-3H3. The van der Waals surface area contributed by atoms with E-state index in [1.54, 1.807) is 7.05 Å². The second kappa shape index (κ2) is 5.49. The van der Waals surface area contributed by atoms with E-state index >= 15 is 0 Å². The quantitative estimate of drug-likeness (QED) is 0.883. The molecule has 0 bridgehead atoms. The summed E-state index contributed by atoms with van der Waals surface area (Å²) in [5.74, 6) is 0.253. The minimum Gasteiger partial charge on any atom is -0.316 e. The molecule has 1 aromatic rings. The number of pyridine rings is 1. The van der Waals surface area contributed by atoms with Crippen molar-refractivity contribution >= 4 is 0 Å². The molecule has 1 aromatic heterocycles. The first kappa shape index (κ1) is 14.0. The van der Waals surface area contributed by atoms with E-state index in [0.29, 0.717) is 0 Å². The van der Waals surface area contributed by atoms with Crippen LogP contribution in [0.3, 0.4) is 0 Å². The van der Waals surface area contributed by atoms with E-state index in [-0.39, 0.29) is 24.1 Å². The highest BCUT2D eigenvalue weighted by Crippen LogP contribution is 2.31. The fourth-order valence-electron chi connectivity index (χ4n) is 1.74. The highest BCUT2D eigenvalue weighted by molar-refractivity contribution is 5.23. The van der Waals surface area contributed by atoms with Crippen molar-refractivity contribution < 1.29 is 13.2 Å². The van der Waals surface area contributed by atoms with Gasteiger partial charge in [-0.05, 0) is 25.1 Å². The van der Waals surface area contributed by atoms with Crippen LogP contribution in [-0.4, -0.2) is 18.1 Å². The number of halogens is 3. The first-order valence-corrected chi connectivity index (χ1v) is 5.54. The van der Waals surface area contributed by atoms with Crippen molar-refractivity contribution in [3.8, 4) is 0 Å². The average Bonchev–Trinajstić information content (AvgIpc) is 2.24. The fraction of sp³-hybridized carbons (Fsp3) is 0.583. The molecule has 0 saturated heterocycles. The van der Waals surface area contributed by atoms with E-state index in [4.69, 9.17) is 0 Å². The van der Waals surface area contributed by atoms with Crippen molar-refractivity contribution in [1.82, 2.24) is 10.3 Å². The Bertz CT molecular complexity index is 361. The van der Waals surface area contributed by atoms with Gasteiger partial charge in [-0.3, -0.25) is 4.98 Å². The van der Waals surface area contributed by atoms with E-state index in [1.165, 1.54) is 12.3 Å². The molecule has 0 saturated carbocycles. The van der Waals surface area contributed by atoms with Crippen molar-refractivity contribution in [3.63, 3.8) is 0 Å². The maximum Gasteiger partial charge on any atom is 0.418 e. The third-order valence-corrected chi connectivity index (χ3v) is 2.78. The van der Waals surface area contributed by atoms with Crippen LogP contribution in [0.1, 0.15) is 25.1 Å². The lowest BCUT2D eigenvalue weighted by molar-refractivity contribution is -0.138. The first-order valence-electron chi connectivity index (χ1n) is 5.54. The predicted octanol–water partition coefficient (Wildman–Crippen LogP) is 2.89. The first-order chi connectivity index (χ1) is 7.86. The minimum atomic E-state index is -4.33. The van der Waals surface area contributed by atoms with Crippen LogP contribution < -0.4 is 5.32 Å². The Kier molecular flexibility index (Phi) is 4.51. The van der Waals surface area contributed by atoms with Crippen LogP contribution in [0, 0.1) is 5.92 Å². The molecule has 0 radical (unpaired) electrons. The van der Waals surface area contributed by atoms with Gasteiger partial charge >= 0.3 is 6.18 Å². The maximum atomic E-state index is 12.7. The Labute approximate surface area is 99.3 Å². The highest BCUT2D eigenvalue weighted by Gasteiger charge is 2.34. The molecule has 0 aromatic carbocycles. The Hall–Kier alpha value is -1.10. The molecule has 1 rings (SSSR count). The zero-order chi connectivity index (χ0) is 13.1. The Balaban J connectivity index is 2.98. The summed E-state index contributed by atoms with van der Waals surface area (Å²) in [6.07, 6.45) is -2.65. The summed E-state index contributed by atoms with van der Waals surface area (Å²) < 4.78 is 38.2. The van der Waals surface area contributed by atoms with Gasteiger partial charge in [0.1, 0.15) is 0 Å². The number of rotatable bonds is 4. The van der Waals surface area contributed by atoms with Gasteiger partial charge < -0.3 is 5.32 Å². The number of hydrogen-bond acceptors (Lipinski definition) is 2. The molecular weight excluding hydrogens is 229 g/mol. The predicted molar refractivity (Wildman–Crippen MR) is 60.6 cm³/mol. The van der Waals surface area contributed by atoms with Crippen LogP contribution in [-0.2, 0) is 12.6 Å². The zero-order valence-electron chi connectivity index (χ0n) is 10.2. The molecule has 0 aliphatic heterocycles. The second-order valence-corrected chi connectivity index (χ2v) is 4.34. The van der Waals surface area contributed by atoms with Crippen molar-refractivity contribution in [2.45, 2.75) is 32.5 Å². The van der Waals surface area contributed by atoms with Crippen LogP contribution in [0.5, 0.6) is 0 Å². The van der Waals surface area contributed by atoms with Crippen LogP contribution in [0.15, 0.2) is 18.3 Å². The average molecular weight is 246 g/mol. The second-order valence-electron chi connectivity index (χ2n) is 4.34. The minimum absolute atomic E-state index is 0.00833. The van der Waals surface area contributed by atoms with Crippen LogP contribution in [0.4, 0.5) is 13.2 Å². The molecule has 17 heavy (non-hydrogen) atoms. The van der Waals surface area contributed by atoms with E-state index in [9.17, 15) is 13.2 Å². The van der Waals surface area contributed by atoms with Gasteiger partial charge in [-0.1, -0.05) is 13.8 Å². The van der Waals surface area contributed by atoms with E-state index in [1.807, 2.05) is 13.8 Å². The van der Waals surface area contributed by atoms with Gasteiger partial charge in [-0.25, -0.2) is 0 Å². The summed E-state index contributed by atoms with van der Waals surface area (Å²) >= 11 is 0. The normalized spacial score (nSPS) is 14.1. The molecule has 0 fully saturated rings. The zero-order valence-corrected chi connectivity index (χ0v) is 10.2. The SMILES string of the molecule is CNC(Cc1ncccc1C(F)(F)F)C(C)C. The number of aromatic nitrogens is 1. The summed E-state index contributed by atoms with van der Waals surface area (Å²) in [6, 6.07) is 2.39. The number of likely N-dealkylation sites (N-methyl/N-ethyl adjacent to an activating group) is 1. The summed E-state index contributed by atoms with van der Waals surface area (Å²) in [7, 11) is 1.75. The van der Waals surface area contributed by atoms with Gasteiger partial charge in [-0.2, -0.15) is 13.2 Å². The molecular formula is C12H17F3N2. The number of hydrogen-bond donors (Lipinski definition) is 1. The third kappa shape index (κ3) is 3.70. The lowest BCUT2D eigenvalue weighted by Gasteiger charge is -2.21.